The van der Waals surface area contributed by atoms with Crippen molar-refractivity contribution in [3.05, 3.63) is 23.8 Å². The van der Waals surface area contributed by atoms with Crippen molar-refractivity contribution in [1.29, 1.82) is 0 Å². The summed E-state index contributed by atoms with van der Waals surface area (Å²) in [5.74, 6) is 1.23. The van der Waals surface area contributed by atoms with Gasteiger partial charge >= 0.3 is 6.09 Å². The Balaban J connectivity index is 2.67. The molecule has 0 heterocycles. The SMILES string of the molecule is CCOC(=O)N/N=C/c1ccc(OC)c(OC)c1. The number of methoxy groups -OCH3 is 2. The molecule has 0 bridgehead atoms. The lowest BCUT2D eigenvalue weighted by Crippen LogP contribution is -2.18. The van der Waals surface area contributed by atoms with Gasteiger partial charge in [-0.3, -0.25) is 0 Å². The number of carbonyl (C=O) groups excluding carboxylic acids is 1. The fourth-order valence-corrected chi connectivity index (χ4v) is 1.26. The van der Waals surface area contributed by atoms with Gasteiger partial charge in [0.05, 0.1) is 27.0 Å². The second-order valence-corrected chi connectivity index (χ2v) is 3.20. The fourth-order valence-electron chi connectivity index (χ4n) is 1.26. The van der Waals surface area contributed by atoms with Crippen molar-refractivity contribution in [1.82, 2.24) is 5.43 Å². The minimum atomic E-state index is -0.589. The highest BCUT2D eigenvalue weighted by Gasteiger charge is 2.03. The van der Waals surface area contributed by atoms with E-state index in [1.807, 2.05) is 0 Å². The minimum Gasteiger partial charge on any atom is -0.493 e. The molecule has 0 aliphatic heterocycles. The van der Waals surface area contributed by atoms with Crippen molar-refractivity contribution in [2.45, 2.75) is 6.92 Å². The number of carbonyl (C=O) groups is 1. The van der Waals surface area contributed by atoms with Gasteiger partial charge in [0.15, 0.2) is 11.5 Å². The molecule has 0 aliphatic rings. The zero-order valence-electron chi connectivity index (χ0n) is 10.6. The van der Waals surface area contributed by atoms with E-state index in [-0.39, 0.29) is 0 Å². The molecule has 0 saturated carbocycles. The van der Waals surface area contributed by atoms with Crippen molar-refractivity contribution < 1.29 is 19.0 Å². The third kappa shape index (κ3) is 3.97. The van der Waals surface area contributed by atoms with Gasteiger partial charge in [0, 0.05) is 0 Å². The monoisotopic (exact) mass is 252 g/mol. The van der Waals surface area contributed by atoms with Crippen LogP contribution in [0, 0.1) is 0 Å². The number of amides is 1. The van der Waals surface area contributed by atoms with E-state index in [1.165, 1.54) is 6.21 Å². The van der Waals surface area contributed by atoms with Gasteiger partial charge in [0.1, 0.15) is 0 Å². The fraction of sp³-hybridized carbons (Fsp3) is 0.333. The van der Waals surface area contributed by atoms with Crippen molar-refractivity contribution >= 4 is 12.3 Å². The van der Waals surface area contributed by atoms with Crippen LogP contribution < -0.4 is 14.9 Å². The maximum atomic E-state index is 11.0. The van der Waals surface area contributed by atoms with Crippen LogP contribution in [0.1, 0.15) is 12.5 Å². The van der Waals surface area contributed by atoms with Crippen LogP contribution in [0.25, 0.3) is 0 Å². The van der Waals surface area contributed by atoms with Gasteiger partial charge in [0.2, 0.25) is 0 Å². The van der Waals surface area contributed by atoms with Gasteiger partial charge < -0.3 is 14.2 Å². The van der Waals surface area contributed by atoms with Crippen LogP contribution in [0.3, 0.4) is 0 Å². The van der Waals surface area contributed by atoms with E-state index in [0.717, 1.165) is 5.56 Å². The van der Waals surface area contributed by atoms with Gasteiger partial charge in [-0.15, -0.1) is 0 Å². The Labute approximate surface area is 106 Å². The predicted octanol–water partition coefficient (Wildman–Crippen LogP) is 1.78. The summed E-state index contributed by atoms with van der Waals surface area (Å²) in [5.41, 5.74) is 3.00. The summed E-state index contributed by atoms with van der Waals surface area (Å²) in [6.07, 6.45) is 0.896. The Morgan fingerprint density at radius 3 is 2.67 bits per heavy atom. The second-order valence-electron chi connectivity index (χ2n) is 3.20. The highest BCUT2D eigenvalue weighted by molar-refractivity contribution is 5.82. The summed E-state index contributed by atoms with van der Waals surface area (Å²) in [7, 11) is 3.11. The molecular weight excluding hydrogens is 236 g/mol. The van der Waals surface area contributed by atoms with Crippen LogP contribution in [0.4, 0.5) is 4.79 Å². The number of nitrogens with zero attached hydrogens (tertiary/aromatic N) is 1. The van der Waals surface area contributed by atoms with Crippen molar-refractivity contribution in [2.24, 2.45) is 5.10 Å². The molecule has 0 unspecified atom stereocenters. The molecule has 0 radical (unpaired) electrons. The van der Waals surface area contributed by atoms with Gasteiger partial charge in [-0.25, -0.2) is 10.2 Å². The number of benzene rings is 1. The highest BCUT2D eigenvalue weighted by atomic mass is 16.5. The van der Waals surface area contributed by atoms with Gasteiger partial charge in [-0.1, -0.05) is 0 Å². The minimum absolute atomic E-state index is 0.303. The summed E-state index contributed by atoms with van der Waals surface area (Å²) >= 11 is 0. The number of nitrogens with one attached hydrogen (secondary N) is 1. The first kappa shape index (κ1) is 13.8. The molecule has 0 atom stereocenters. The Morgan fingerprint density at radius 2 is 2.06 bits per heavy atom. The predicted molar refractivity (Wildman–Crippen MR) is 67.3 cm³/mol. The van der Waals surface area contributed by atoms with Crippen molar-refractivity contribution in [3.8, 4) is 11.5 Å². The summed E-state index contributed by atoms with van der Waals surface area (Å²) < 4.78 is 14.9. The average Bonchev–Trinajstić information content (AvgIpc) is 2.38. The van der Waals surface area contributed by atoms with Crippen LogP contribution in [0.2, 0.25) is 0 Å². The first-order chi connectivity index (χ1) is 8.71. The second kappa shape index (κ2) is 7.16. The van der Waals surface area contributed by atoms with E-state index in [4.69, 9.17) is 9.47 Å². The van der Waals surface area contributed by atoms with Crippen LogP contribution in [0.15, 0.2) is 23.3 Å². The van der Waals surface area contributed by atoms with Gasteiger partial charge in [0.25, 0.3) is 0 Å². The van der Waals surface area contributed by atoms with E-state index in [1.54, 1.807) is 39.3 Å². The number of hydrogen-bond acceptors (Lipinski definition) is 5. The molecule has 18 heavy (non-hydrogen) atoms. The smallest absolute Gasteiger partial charge is 0.427 e. The van der Waals surface area contributed by atoms with Crippen LogP contribution in [-0.2, 0) is 4.74 Å². The van der Waals surface area contributed by atoms with Gasteiger partial charge in [-0.2, -0.15) is 5.10 Å². The summed E-state index contributed by atoms with van der Waals surface area (Å²) in [6, 6.07) is 5.29. The average molecular weight is 252 g/mol. The van der Waals surface area contributed by atoms with E-state index in [2.05, 4.69) is 15.3 Å². The molecular formula is C12H16N2O4. The Morgan fingerprint density at radius 1 is 1.33 bits per heavy atom. The number of hydrogen-bond donors (Lipinski definition) is 1. The molecule has 0 fully saturated rings. The standard InChI is InChI=1S/C12H16N2O4/c1-4-18-12(15)14-13-8-9-5-6-10(16-2)11(7-9)17-3/h5-8H,4H2,1-3H3,(H,14,15)/b13-8+. The molecule has 0 saturated heterocycles. The third-order valence-electron chi connectivity index (χ3n) is 2.05. The summed E-state index contributed by atoms with van der Waals surface area (Å²) in [4.78, 5) is 11.0. The van der Waals surface area contributed by atoms with Crippen molar-refractivity contribution in [3.63, 3.8) is 0 Å². The lowest BCUT2D eigenvalue weighted by atomic mass is 10.2. The zero-order chi connectivity index (χ0) is 13.4. The third-order valence-corrected chi connectivity index (χ3v) is 2.05. The number of rotatable bonds is 5. The lowest BCUT2D eigenvalue weighted by molar-refractivity contribution is 0.152. The molecule has 1 aromatic rings. The zero-order valence-corrected chi connectivity index (χ0v) is 10.6. The van der Waals surface area contributed by atoms with E-state index >= 15 is 0 Å². The Kier molecular flexibility index (Phi) is 5.50. The Bertz CT molecular complexity index is 432. The molecule has 98 valence electrons. The van der Waals surface area contributed by atoms with Crippen LogP contribution in [0.5, 0.6) is 11.5 Å². The maximum Gasteiger partial charge on any atom is 0.427 e. The normalized spacial score (nSPS) is 10.2. The number of ether oxygens (including phenoxy) is 3. The molecule has 1 amide bonds. The van der Waals surface area contributed by atoms with Crippen LogP contribution in [-0.4, -0.2) is 33.1 Å². The van der Waals surface area contributed by atoms with Crippen molar-refractivity contribution in [2.75, 3.05) is 20.8 Å². The van der Waals surface area contributed by atoms with Gasteiger partial charge in [-0.05, 0) is 30.7 Å². The largest absolute Gasteiger partial charge is 0.493 e. The molecule has 0 aromatic heterocycles. The molecule has 0 aliphatic carbocycles. The first-order valence-electron chi connectivity index (χ1n) is 5.39. The lowest BCUT2D eigenvalue weighted by Gasteiger charge is -2.07. The molecule has 1 N–H and O–H groups in total. The highest BCUT2D eigenvalue weighted by Crippen LogP contribution is 2.26. The first-order valence-corrected chi connectivity index (χ1v) is 5.39. The quantitative estimate of drug-likeness (QED) is 0.640. The van der Waals surface area contributed by atoms with E-state index in [9.17, 15) is 4.79 Å². The topological polar surface area (TPSA) is 69.2 Å². The molecule has 6 heteroatoms. The summed E-state index contributed by atoms with van der Waals surface area (Å²) in [6.45, 7) is 2.02. The molecule has 6 nitrogen and oxygen atoms in total. The molecule has 1 aromatic carbocycles. The number of hydrazone groups is 1. The van der Waals surface area contributed by atoms with E-state index in [0.29, 0.717) is 18.1 Å². The Hall–Kier alpha value is -2.24. The molecule has 1 rings (SSSR count). The maximum absolute atomic E-state index is 11.0. The van der Waals surface area contributed by atoms with E-state index < -0.39 is 6.09 Å². The van der Waals surface area contributed by atoms with Crippen LogP contribution >= 0.6 is 0 Å². The molecule has 0 spiro atoms. The summed E-state index contributed by atoms with van der Waals surface area (Å²) in [5, 5.41) is 3.75.